The molecule has 37 heavy (non-hydrogen) atoms. The maximum absolute atomic E-state index is 14.0. The number of nitrogens with zero attached hydrogens (tertiary/aromatic N) is 3. The molecule has 1 aromatic heterocycles. The fourth-order valence-electron chi connectivity index (χ4n) is 4.13. The topological polar surface area (TPSA) is 79.5 Å². The van der Waals surface area contributed by atoms with Gasteiger partial charge in [-0.2, -0.15) is 18.2 Å². The Kier molecular flexibility index (Phi) is 7.73. The van der Waals surface area contributed by atoms with Gasteiger partial charge in [-0.1, -0.05) is 59.8 Å². The minimum absolute atomic E-state index is 0.000857. The van der Waals surface area contributed by atoms with Gasteiger partial charge in [-0.15, -0.1) is 0 Å². The first-order valence-corrected chi connectivity index (χ1v) is 11.7. The number of aryl methyl sites for hydroxylation is 1. The van der Waals surface area contributed by atoms with E-state index in [1.54, 1.807) is 37.3 Å². The molecule has 1 heterocycles. The Morgan fingerprint density at radius 2 is 1.70 bits per heavy atom. The Hall–Kier alpha value is -3.98. The van der Waals surface area contributed by atoms with Gasteiger partial charge in [-0.25, -0.2) is 0 Å². The van der Waals surface area contributed by atoms with Crippen molar-refractivity contribution in [1.82, 2.24) is 15.0 Å². The zero-order valence-corrected chi connectivity index (χ0v) is 20.4. The van der Waals surface area contributed by atoms with E-state index in [-0.39, 0.29) is 29.3 Å². The molecule has 0 saturated carbocycles. The number of hydrogen-bond donors (Lipinski definition) is 1. The van der Waals surface area contributed by atoms with Crippen LogP contribution in [0.25, 0.3) is 34.0 Å². The van der Waals surface area contributed by atoms with E-state index >= 15 is 0 Å². The van der Waals surface area contributed by atoms with Gasteiger partial charge in [0, 0.05) is 24.1 Å². The van der Waals surface area contributed by atoms with Crippen LogP contribution in [-0.4, -0.2) is 39.7 Å². The summed E-state index contributed by atoms with van der Waals surface area (Å²) >= 11 is 0. The summed E-state index contributed by atoms with van der Waals surface area (Å²) in [6.45, 7) is 3.08. The van der Waals surface area contributed by atoms with Gasteiger partial charge in [0.1, 0.15) is 0 Å². The molecular weight excluding hydrogens is 483 g/mol. The van der Waals surface area contributed by atoms with Crippen LogP contribution in [0.1, 0.15) is 29.5 Å². The number of aliphatic carboxylic acids is 1. The predicted molar refractivity (Wildman–Crippen MR) is 134 cm³/mol. The van der Waals surface area contributed by atoms with Crippen LogP contribution < -0.4 is 0 Å². The van der Waals surface area contributed by atoms with Crippen LogP contribution >= 0.6 is 0 Å². The highest BCUT2D eigenvalue weighted by Crippen LogP contribution is 2.40. The summed E-state index contributed by atoms with van der Waals surface area (Å²) in [7, 11) is 1.92. The van der Waals surface area contributed by atoms with E-state index in [9.17, 15) is 18.0 Å². The lowest BCUT2D eigenvalue weighted by atomic mass is 9.94. The van der Waals surface area contributed by atoms with Crippen molar-refractivity contribution < 1.29 is 27.6 Å². The van der Waals surface area contributed by atoms with E-state index in [0.29, 0.717) is 30.6 Å². The van der Waals surface area contributed by atoms with Crippen LogP contribution in [0, 0.1) is 6.92 Å². The molecule has 0 bridgehead atoms. The molecule has 0 unspecified atom stereocenters. The van der Waals surface area contributed by atoms with Crippen LogP contribution in [0.15, 0.2) is 71.3 Å². The van der Waals surface area contributed by atoms with Crippen molar-refractivity contribution in [2.24, 2.45) is 0 Å². The summed E-state index contributed by atoms with van der Waals surface area (Å²) in [6.07, 6.45) is -3.87. The summed E-state index contributed by atoms with van der Waals surface area (Å²) in [6, 6.07) is 18.4. The maximum atomic E-state index is 14.0. The first kappa shape index (κ1) is 26.1. The molecule has 6 nitrogen and oxygen atoms in total. The van der Waals surface area contributed by atoms with Crippen LogP contribution in [0.4, 0.5) is 13.2 Å². The lowest BCUT2D eigenvalue weighted by Crippen LogP contribution is -2.19. The molecule has 192 valence electrons. The number of rotatable bonds is 9. The van der Waals surface area contributed by atoms with Crippen molar-refractivity contribution in [3.8, 4) is 34.0 Å². The average molecular weight is 510 g/mol. The third-order valence-corrected chi connectivity index (χ3v) is 6.03. The normalized spacial score (nSPS) is 11.7. The van der Waals surface area contributed by atoms with Crippen molar-refractivity contribution in [2.75, 3.05) is 13.6 Å². The monoisotopic (exact) mass is 509 g/mol. The largest absolute Gasteiger partial charge is 0.481 e. The van der Waals surface area contributed by atoms with Crippen molar-refractivity contribution in [1.29, 1.82) is 0 Å². The predicted octanol–water partition coefficient (Wildman–Crippen LogP) is 6.69. The van der Waals surface area contributed by atoms with Gasteiger partial charge in [0.2, 0.25) is 5.82 Å². The number of benzene rings is 3. The fourth-order valence-corrected chi connectivity index (χ4v) is 4.13. The maximum Gasteiger partial charge on any atom is 0.417 e. The Morgan fingerprint density at radius 1 is 1.00 bits per heavy atom. The van der Waals surface area contributed by atoms with Crippen LogP contribution in [0.3, 0.4) is 0 Å². The smallest absolute Gasteiger partial charge is 0.417 e. The van der Waals surface area contributed by atoms with E-state index in [0.717, 1.165) is 17.2 Å². The first-order chi connectivity index (χ1) is 17.6. The summed E-state index contributed by atoms with van der Waals surface area (Å²) in [5, 5.41) is 12.7. The summed E-state index contributed by atoms with van der Waals surface area (Å²) in [4.78, 5) is 17.0. The molecule has 0 aliphatic rings. The van der Waals surface area contributed by atoms with E-state index in [1.807, 2.05) is 36.2 Å². The van der Waals surface area contributed by atoms with Gasteiger partial charge in [0.15, 0.2) is 0 Å². The molecule has 0 fully saturated rings. The lowest BCUT2D eigenvalue weighted by Gasteiger charge is -2.16. The van der Waals surface area contributed by atoms with Gasteiger partial charge < -0.3 is 14.5 Å². The molecule has 0 amide bonds. The van der Waals surface area contributed by atoms with Crippen LogP contribution in [0.5, 0.6) is 0 Å². The second kappa shape index (κ2) is 11.0. The second-order valence-electron chi connectivity index (χ2n) is 8.93. The fraction of sp³-hybridized carbons (Fsp3) is 0.250. The van der Waals surface area contributed by atoms with Gasteiger partial charge in [-0.05, 0) is 61.3 Å². The number of halogens is 3. The molecule has 4 rings (SSSR count). The number of carbonyl (C=O) groups is 1. The summed E-state index contributed by atoms with van der Waals surface area (Å²) in [5.41, 5.74) is 2.46. The van der Waals surface area contributed by atoms with Crippen LogP contribution in [-0.2, 0) is 17.5 Å². The standard InChI is InChI=1S/C28H26F3N3O3/c1-18-6-3-4-7-22(18)23-14-13-21(16-24(23)28(29,30)31)27-32-26(33-37-27)20-11-9-19(10-12-20)17-34(2)15-5-8-25(35)36/h3-4,6-7,9-14,16H,5,8,15,17H2,1-2H3,(H,35,36). The van der Waals surface area contributed by atoms with Gasteiger partial charge in [0.05, 0.1) is 5.56 Å². The molecule has 0 aliphatic carbocycles. The number of aromatic nitrogens is 2. The van der Waals surface area contributed by atoms with Crippen molar-refractivity contribution in [2.45, 2.75) is 32.5 Å². The molecular formula is C28H26F3N3O3. The highest BCUT2D eigenvalue weighted by molar-refractivity contribution is 5.74. The molecule has 0 spiro atoms. The van der Waals surface area contributed by atoms with E-state index in [1.165, 1.54) is 6.07 Å². The molecule has 0 aliphatic heterocycles. The minimum Gasteiger partial charge on any atom is -0.481 e. The first-order valence-electron chi connectivity index (χ1n) is 11.7. The zero-order chi connectivity index (χ0) is 26.6. The number of carboxylic acid groups (broad SMARTS) is 1. The van der Waals surface area contributed by atoms with Crippen molar-refractivity contribution in [3.05, 3.63) is 83.4 Å². The third-order valence-electron chi connectivity index (χ3n) is 6.03. The quantitative estimate of drug-likeness (QED) is 0.271. The van der Waals surface area contributed by atoms with Crippen molar-refractivity contribution in [3.63, 3.8) is 0 Å². The van der Waals surface area contributed by atoms with E-state index in [2.05, 4.69) is 10.1 Å². The Labute approximate surface area is 212 Å². The van der Waals surface area contributed by atoms with Crippen molar-refractivity contribution >= 4 is 5.97 Å². The number of carboxylic acids is 1. The SMILES string of the molecule is Cc1ccccc1-c1ccc(-c2nc(-c3ccc(CN(C)CCCC(=O)O)cc3)no2)cc1C(F)(F)F. The molecule has 1 N–H and O–H groups in total. The average Bonchev–Trinajstić information content (AvgIpc) is 3.34. The number of alkyl halides is 3. The van der Waals surface area contributed by atoms with Gasteiger partial charge in [0.25, 0.3) is 5.89 Å². The zero-order valence-electron chi connectivity index (χ0n) is 20.4. The molecule has 4 aromatic rings. The molecule has 0 radical (unpaired) electrons. The second-order valence-corrected chi connectivity index (χ2v) is 8.93. The lowest BCUT2D eigenvalue weighted by molar-refractivity contribution is -0.138. The minimum atomic E-state index is -4.56. The molecule has 9 heteroatoms. The van der Waals surface area contributed by atoms with Gasteiger partial charge >= 0.3 is 12.1 Å². The molecule has 0 atom stereocenters. The Bertz CT molecular complexity index is 1380. The van der Waals surface area contributed by atoms with Crippen LogP contribution in [0.2, 0.25) is 0 Å². The van der Waals surface area contributed by atoms with E-state index < -0.39 is 17.7 Å². The summed E-state index contributed by atoms with van der Waals surface area (Å²) < 4.78 is 47.2. The number of hydrogen-bond acceptors (Lipinski definition) is 5. The highest BCUT2D eigenvalue weighted by atomic mass is 19.4. The Morgan fingerprint density at radius 3 is 2.38 bits per heavy atom. The third kappa shape index (κ3) is 6.42. The summed E-state index contributed by atoms with van der Waals surface area (Å²) in [5.74, 6) is -0.541. The van der Waals surface area contributed by atoms with E-state index in [4.69, 9.17) is 9.63 Å². The van der Waals surface area contributed by atoms with Gasteiger partial charge in [-0.3, -0.25) is 4.79 Å². The molecule has 3 aromatic carbocycles. The highest BCUT2D eigenvalue weighted by Gasteiger charge is 2.34. The Balaban J connectivity index is 1.53. The molecule has 0 saturated heterocycles.